The molecule has 1 fully saturated rings. The molecule has 0 bridgehead atoms. The van der Waals surface area contributed by atoms with Crippen molar-refractivity contribution >= 4 is 33.9 Å². The van der Waals surface area contributed by atoms with Crippen LogP contribution in [0.5, 0.6) is 0 Å². The molecule has 0 spiro atoms. The summed E-state index contributed by atoms with van der Waals surface area (Å²) in [6, 6.07) is -1.58. The van der Waals surface area contributed by atoms with Crippen LogP contribution in [-0.2, 0) is 25.5 Å². The third-order valence-corrected chi connectivity index (χ3v) is 4.23. The van der Waals surface area contributed by atoms with Gasteiger partial charge in [-0.2, -0.15) is 0 Å². The lowest BCUT2D eigenvalue weighted by atomic mass is 10.1. The molecule has 0 aliphatic carbocycles. The van der Waals surface area contributed by atoms with E-state index in [1.165, 1.54) is 18.4 Å². The smallest absolute Gasteiger partial charge is 0.408 e. The third kappa shape index (κ3) is 6.48. The van der Waals surface area contributed by atoms with Gasteiger partial charge in [0.15, 0.2) is 0 Å². The van der Waals surface area contributed by atoms with Crippen molar-refractivity contribution in [1.29, 1.82) is 0 Å². The minimum absolute atomic E-state index is 0.0915. The molecule has 0 saturated carbocycles. The van der Waals surface area contributed by atoms with E-state index in [1.54, 1.807) is 20.8 Å². The van der Waals surface area contributed by atoms with E-state index < -0.39 is 35.7 Å². The van der Waals surface area contributed by atoms with Crippen LogP contribution in [0, 0.1) is 0 Å². The number of hydrogen-bond donors (Lipinski definition) is 2. The molecule has 2 heterocycles. The molecule has 2 rings (SSSR count). The van der Waals surface area contributed by atoms with Crippen LogP contribution in [0.25, 0.3) is 0 Å². The maximum atomic E-state index is 13.0. The number of carbonyl (C=O) groups is 3. The first-order valence-corrected chi connectivity index (χ1v) is 9.63. The Morgan fingerprint density at radius 1 is 1.46 bits per heavy atom. The van der Waals surface area contributed by atoms with Gasteiger partial charge in [-0.05, 0) is 33.6 Å². The topological polar surface area (TPSA) is 123 Å². The van der Waals surface area contributed by atoms with E-state index in [2.05, 4.69) is 31.7 Å². The molecule has 2 amide bonds. The molecular formula is C17H25BrN4O6. The van der Waals surface area contributed by atoms with Gasteiger partial charge in [-0.3, -0.25) is 14.6 Å². The second kappa shape index (κ2) is 9.37. The van der Waals surface area contributed by atoms with Gasteiger partial charge >= 0.3 is 12.1 Å². The van der Waals surface area contributed by atoms with Crippen molar-refractivity contribution in [3.63, 3.8) is 0 Å². The van der Waals surface area contributed by atoms with E-state index in [0.29, 0.717) is 25.1 Å². The zero-order chi connectivity index (χ0) is 20.9. The van der Waals surface area contributed by atoms with E-state index in [1.807, 2.05) is 0 Å². The Morgan fingerprint density at radius 2 is 2.18 bits per heavy atom. The molecule has 0 aromatic carbocycles. The summed E-state index contributed by atoms with van der Waals surface area (Å²) >= 11 is 3.11. The average molecular weight is 461 g/mol. The summed E-state index contributed by atoms with van der Waals surface area (Å²) in [5.74, 6) is -0.867. The highest BCUT2D eigenvalue weighted by atomic mass is 79.9. The maximum Gasteiger partial charge on any atom is 0.408 e. The largest absolute Gasteiger partial charge is 0.468 e. The third-order valence-electron chi connectivity index (χ3n) is 3.86. The number of carbonyl (C=O) groups excluding carboxylic acids is 3. The second-order valence-corrected chi connectivity index (χ2v) is 8.01. The minimum Gasteiger partial charge on any atom is -0.468 e. The highest BCUT2D eigenvalue weighted by Crippen LogP contribution is 2.15. The van der Waals surface area contributed by atoms with Crippen molar-refractivity contribution < 1.29 is 28.3 Å². The van der Waals surface area contributed by atoms with Crippen LogP contribution in [0.4, 0.5) is 4.79 Å². The number of alkyl carbamates (subject to hydrolysis) is 1. The summed E-state index contributed by atoms with van der Waals surface area (Å²) in [4.78, 5) is 41.4. The van der Waals surface area contributed by atoms with E-state index >= 15 is 0 Å². The quantitative estimate of drug-likeness (QED) is 0.634. The van der Waals surface area contributed by atoms with Gasteiger partial charge in [0.05, 0.1) is 12.8 Å². The number of methoxy groups -OCH3 is 1. The van der Waals surface area contributed by atoms with Gasteiger partial charge in [0, 0.05) is 28.9 Å². The molecule has 1 saturated heterocycles. The first kappa shape index (κ1) is 22.2. The molecule has 1 aromatic rings. The molecule has 10 nitrogen and oxygen atoms in total. The summed E-state index contributed by atoms with van der Waals surface area (Å²) in [5, 5.41) is 3.90. The number of halogens is 1. The van der Waals surface area contributed by atoms with Crippen LogP contribution in [0.3, 0.4) is 0 Å². The molecular weight excluding hydrogens is 436 g/mol. The second-order valence-electron chi connectivity index (χ2n) is 7.33. The number of nitrogens with zero attached hydrogens (tertiary/aromatic N) is 2. The van der Waals surface area contributed by atoms with Crippen LogP contribution in [0.1, 0.15) is 39.3 Å². The predicted molar refractivity (Wildman–Crippen MR) is 101 cm³/mol. The standard InChI is InChI=1S/C17H25BrN4O6/c1-17(2,3)28-16(25)20-12(8-10-9-27-15(18)19-10)13(23)22-7-5-6-11(21-22)14(24)26-4/h9,11-12,21H,5-8H2,1-4H3,(H,20,25)/t11-,12-/m0/s1. The van der Waals surface area contributed by atoms with Crippen molar-refractivity contribution in [2.75, 3.05) is 13.7 Å². The van der Waals surface area contributed by atoms with E-state index in [9.17, 15) is 14.4 Å². The number of aromatic nitrogens is 1. The zero-order valence-electron chi connectivity index (χ0n) is 16.3. The van der Waals surface area contributed by atoms with Gasteiger partial charge < -0.3 is 19.2 Å². The summed E-state index contributed by atoms with van der Waals surface area (Å²) in [6.07, 6.45) is 1.93. The molecule has 28 heavy (non-hydrogen) atoms. The van der Waals surface area contributed by atoms with Crippen LogP contribution < -0.4 is 10.7 Å². The number of hydrogen-bond acceptors (Lipinski definition) is 8. The van der Waals surface area contributed by atoms with Crippen molar-refractivity contribution in [3.8, 4) is 0 Å². The van der Waals surface area contributed by atoms with Gasteiger partial charge in [-0.1, -0.05) is 0 Å². The van der Waals surface area contributed by atoms with Gasteiger partial charge in [-0.15, -0.1) is 0 Å². The van der Waals surface area contributed by atoms with E-state index in [-0.39, 0.29) is 11.2 Å². The van der Waals surface area contributed by atoms with Crippen molar-refractivity contribution in [2.45, 2.75) is 57.7 Å². The summed E-state index contributed by atoms with van der Waals surface area (Å²) < 4.78 is 15.1. The van der Waals surface area contributed by atoms with Gasteiger partial charge in [0.1, 0.15) is 23.9 Å². The van der Waals surface area contributed by atoms with Crippen LogP contribution in [0.2, 0.25) is 0 Å². The van der Waals surface area contributed by atoms with Crippen molar-refractivity contribution in [3.05, 3.63) is 16.8 Å². The molecule has 2 N–H and O–H groups in total. The van der Waals surface area contributed by atoms with Gasteiger partial charge in [0.2, 0.25) is 0 Å². The fraction of sp³-hybridized carbons (Fsp3) is 0.647. The highest BCUT2D eigenvalue weighted by molar-refractivity contribution is 9.10. The SMILES string of the molecule is COC(=O)[C@@H]1CCCN(C(=O)[C@H](Cc2coc(Br)n2)NC(=O)OC(C)(C)C)N1. The fourth-order valence-electron chi connectivity index (χ4n) is 2.68. The molecule has 11 heteroatoms. The highest BCUT2D eigenvalue weighted by Gasteiger charge is 2.34. The molecule has 2 atom stereocenters. The number of nitrogens with one attached hydrogen (secondary N) is 2. The number of esters is 1. The Hall–Kier alpha value is -2.14. The first-order chi connectivity index (χ1) is 13.1. The maximum absolute atomic E-state index is 13.0. The fourth-order valence-corrected chi connectivity index (χ4v) is 3.00. The number of hydrazine groups is 1. The lowest BCUT2D eigenvalue weighted by Crippen LogP contribution is -2.60. The number of amides is 2. The van der Waals surface area contributed by atoms with Crippen molar-refractivity contribution in [1.82, 2.24) is 20.7 Å². The van der Waals surface area contributed by atoms with Crippen molar-refractivity contribution in [2.24, 2.45) is 0 Å². The van der Waals surface area contributed by atoms with Crippen LogP contribution in [-0.4, -0.2) is 59.3 Å². The Balaban J connectivity index is 2.13. The van der Waals surface area contributed by atoms with Gasteiger partial charge in [-0.25, -0.2) is 15.2 Å². The summed E-state index contributed by atoms with van der Waals surface area (Å²) in [6.45, 7) is 5.57. The van der Waals surface area contributed by atoms with Gasteiger partial charge in [0.25, 0.3) is 10.7 Å². The summed E-state index contributed by atoms with van der Waals surface area (Å²) in [5.41, 5.74) is 2.62. The lowest BCUT2D eigenvalue weighted by molar-refractivity contribution is -0.150. The Morgan fingerprint density at radius 3 is 2.75 bits per heavy atom. The Labute approximate surface area is 171 Å². The average Bonchev–Trinajstić information content (AvgIpc) is 3.03. The number of ether oxygens (including phenoxy) is 2. The van der Waals surface area contributed by atoms with Crippen LogP contribution >= 0.6 is 15.9 Å². The zero-order valence-corrected chi connectivity index (χ0v) is 17.9. The van der Waals surface area contributed by atoms with E-state index in [0.717, 1.165) is 0 Å². The molecule has 0 radical (unpaired) electrons. The Bertz CT molecular complexity index is 717. The lowest BCUT2D eigenvalue weighted by Gasteiger charge is -2.34. The normalized spacial score (nSPS) is 18.3. The number of rotatable bonds is 5. The Kier molecular flexibility index (Phi) is 7.41. The number of oxazole rings is 1. The monoisotopic (exact) mass is 460 g/mol. The molecule has 1 aliphatic rings. The molecule has 0 unspecified atom stereocenters. The summed E-state index contributed by atoms with van der Waals surface area (Å²) in [7, 11) is 1.29. The minimum atomic E-state index is -0.962. The predicted octanol–water partition coefficient (Wildman–Crippen LogP) is 1.54. The molecule has 1 aromatic heterocycles. The molecule has 1 aliphatic heterocycles. The van der Waals surface area contributed by atoms with Crippen LogP contribution in [0.15, 0.2) is 15.5 Å². The first-order valence-electron chi connectivity index (χ1n) is 8.84. The molecule has 156 valence electrons. The van der Waals surface area contributed by atoms with E-state index in [4.69, 9.17) is 13.9 Å².